The molecule has 0 spiro atoms. The number of benzene rings is 1. The molecule has 2 aromatic rings. The predicted molar refractivity (Wildman–Crippen MR) is 106 cm³/mol. The minimum Gasteiger partial charge on any atom is -0.490 e. The van der Waals surface area contributed by atoms with Crippen LogP contribution in [0.5, 0.6) is 17.4 Å². The molecule has 0 saturated carbocycles. The molecular weight excluding hydrogens is 344 g/mol. The number of hydrogen-bond acceptors (Lipinski definition) is 5. The average molecular weight is 372 g/mol. The molecule has 1 aromatic heterocycles. The van der Waals surface area contributed by atoms with Gasteiger partial charge in [-0.3, -0.25) is 0 Å². The minimum absolute atomic E-state index is 0.0750. The standard InChI is InChI=1S/C20H28N4O3/c1-4-12-26-17-9-5-6-10-18(17)27-19-16(8-7-11-22-19)13-23-20(21)24-15(2)14-25-3/h5-11,15H,4,12-14H2,1-3H3,(H3,21,23,24). The quantitative estimate of drug-likeness (QED) is 0.492. The molecule has 0 fully saturated rings. The van der Waals surface area contributed by atoms with Crippen molar-refractivity contribution in [3.05, 3.63) is 48.2 Å². The second-order valence-corrected chi connectivity index (χ2v) is 6.07. The van der Waals surface area contributed by atoms with E-state index >= 15 is 0 Å². The lowest BCUT2D eigenvalue weighted by molar-refractivity contribution is 0.179. The Labute approximate surface area is 160 Å². The van der Waals surface area contributed by atoms with E-state index in [0.717, 1.165) is 12.0 Å². The zero-order valence-corrected chi connectivity index (χ0v) is 16.1. The number of nitrogens with two attached hydrogens (primary N) is 1. The molecule has 0 aliphatic carbocycles. The molecule has 146 valence electrons. The minimum atomic E-state index is 0.0750. The molecule has 3 N–H and O–H groups in total. The lowest BCUT2D eigenvalue weighted by atomic mass is 10.2. The number of methoxy groups -OCH3 is 1. The maximum absolute atomic E-state index is 6.00. The first-order valence-electron chi connectivity index (χ1n) is 9.03. The fourth-order valence-corrected chi connectivity index (χ4v) is 2.37. The number of rotatable bonds is 10. The van der Waals surface area contributed by atoms with Crippen molar-refractivity contribution >= 4 is 5.96 Å². The molecule has 2 rings (SSSR count). The molecule has 1 aromatic carbocycles. The molecule has 1 heterocycles. The van der Waals surface area contributed by atoms with Gasteiger partial charge in [0.25, 0.3) is 0 Å². The van der Waals surface area contributed by atoms with Crippen molar-refractivity contribution in [1.82, 2.24) is 10.3 Å². The van der Waals surface area contributed by atoms with Gasteiger partial charge in [-0.25, -0.2) is 9.98 Å². The van der Waals surface area contributed by atoms with Crippen LogP contribution in [0.1, 0.15) is 25.8 Å². The van der Waals surface area contributed by atoms with E-state index in [-0.39, 0.29) is 6.04 Å². The highest BCUT2D eigenvalue weighted by atomic mass is 16.5. The van der Waals surface area contributed by atoms with Gasteiger partial charge < -0.3 is 25.3 Å². The van der Waals surface area contributed by atoms with Crippen molar-refractivity contribution in [2.45, 2.75) is 32.9 Å². The summed E-state index contributed by atoms with van der Waals surface area (Å²) < 4.78 is 16.8. The van der Waals surface area contributed by atoms with Crippen LogP contribution in [0.3, 0.4) is 0 Å². The Balaban J connectivity index is 2.10. The number of hydrogen-bond donors (Lipinski definition) is 2. The summed E-state index contributed by atoms with van der Waals surface area (Å²) >= 11 is 0. The molecule has 0 amide bonds. The van der Waals surface area contributed by atoms with E-state index in [9.17, 15) is 0 Å². The van der Waals surface area contributed by atoms with Crippen LogP contribution in [0.4, 0.5) is 0 Å². The van der Waals surface area contributed by atoms with Gasteiger partial charge in [-0.15, -0.1) is 0 Å². The van der Waals surface area contributed by atoms with Gasteiger partial charge in [0, 0.05) is 24.9 Å². The molecule has 1 unspecified atom stereocenters. The molecule has 0 bridgehead atoms. The van der Waals surface area contributed by atoms with E-state index in [1.165, 1.54) is 0 Å². The lowest BCUT2D eigenvalue weighted by Crippen LogP contribution is -2.40. The number of aromatic nitrogens is 1. The van der Waals surface area contributed by atoms with Crippen LogP contribution >= 0.6 is 0 Å². The highest BCUT2D eigenvalue weighted by molar-refractivity contribution is 5.78. The summed E-state index contributed by atoms with van der Waals surface area (Å²) in [5, 5.41) is 3.07. The summed E-state index contributed by atoms with van der Waals surface area (Å²) in [6, 6.07) is 11.4. The van der Waals surface area contributed by atoms with Crippen LogP contribution in [-0.2, 0) is 11.3 Å². The van der Waals surface area contributed by atoms with E-state index in [0.29, 0.717) is 43.1 Å². The Morgan fingerprint density at radius 3 is 2.74 bits per heavy atom. The summed E-state index contributed by atoms with van der Waals surface area (Å²) in [5.74, 6) is 2.14. The summed E-state index contributed by atoms with van der Waals surface area (Å²) in [7, 11) is 1.65. The number of para-hydroxylation sites is 2. The van der Waals surface area contributed by atoms with Crippen LogP contribution in [0, 0.1) is 0 Å². The largest absolute Gasteiger partial charge is 0.490 e. The maximum Gasteiger partial charge on any atom is 0.224 e. The molecule has 7 nitrogen and oxygen atoms in total. The first kappa shape index (κ1) is 20.5. The Kier molecular flexibility index (Phi) is 8.38. The first-order valence-corrected chi connectivity index (χ1v) is 9.03. The third kappa shape index (κ3) is 6.79. The Morgan fingerprint density at radius 2 is 2.00 bits per heavy atom. The summed E-state index contributed by atoms with van der Waals surface area (Å²) in [4.78, 5) is 8.70. The van der Waals surface area contributed by atoms with Gasteiger partial charge in [0.15, 0.2) is 17.5 Å². The molecule has 0 radical (unpaired) electrons. The van der Waals surface area contributed by atoms with Crippen molar-refractivity contribution in [2.75, 3.05) is 20.3 Å². The van der Waals surface area contributed by atoms with Gasteiger partial charge in [-0.1, -0.05) is 25.1 Å². The molecule has 0 saturated heterocycles. The van der Waals surface area contributed by atoms with Gasteiger partial charge >= 0.3 is 0 Å². The van der Waals surface area contributed by atoms with Crippen molar-refractivity contribution in [3.8, 4) is 17.4 Å². The molecule has 0 aliphatic rings. The van der Waals surface area contributed by atoms with Gasteiger partial charge in [-0.05, 0) is 31.5 Å². The van der Waals surface area contributed by atoms with Gasteiger partial charge in [-0.2, -0.15) is 0 Å². The topological polar surface area (TPSA) is 91.0 Å². The highest BCUT2D eigenvalue weighted by Crippen LogP contribution is 2.32. The van der Waals surface area contributed by atoms with Gasteiger partial charge in [0.2, 0.25) is 5.88 Å². The van der Waals surface area contributed by atoms with Crippen molar-refractivity contribution in [2.24, 2.45) is 10.7 Å². The van der Waals surface area contributed by atoms with E-state index in [4.69, 9.17) is 19.9 Å². The summed E-state index contributed by atoms with van der Waals surface area (Å²) in [5.41, 5.74) is 6.76. The monoisotopic (exact) mass is 372 g/mol. The zero-order valence-electron chi connectivity index (χ0n) is 16.1. The fourth-order valence-electron chi connectivity index (χ4n) is 2.37. The number of aliphatic imine (C=N–C) groups is 1. The molecule has 7 heteroatoms. The van der Waals surface area contributed by atoms with Crippen molar-refractivity contribution < 1.29 is 14.2 Å². The first-order chi connectivity index (χ1) is 13.1. The highest BCUT2D eigenvalue weighted by Gasteiger charge is 2.10. The number of nitrogens with zero attached hydrogens (tertiary/aromatic N) is 2. The van der Waals surface area contributed by atoms with E-state index < -0.39 is 0 Å². The normalized spacial score (nSPS) is 12.5. The number of guanidine groups is 1. The van der Waals surface area contributed by atoms with Gasteiger partial charge in [0.1, 0.15) is 0 Å². The Bertz CT molecular complexity index is 737. The molecule has 1 atom stereocenters. The zero-order chi connectivity index (χ0) is 19.5. The second-order valence-electron chi connectivity index (χ2n) is 6.07. The Morgan fingerprint density at radius 1 is 1.22 bits per heavy atom. The SMILES string of the molecule is CCCOc1ccccc1Oc1ncccc1CN=C(N)NC(C)COC. The molecule has 27 heavy (non-hydrogen) atoms. The van der Waals surface area contributed by atoms with Crippen molar-refractivity contribution in [3.63, 3.8) is 0 Å². The average Bonchev–Trinajstić information content (AvgIpc) is 2.67. The number of pyridine rings is 1. The van der Waals surface area contributed by atoms with Crippen LogP contribution < -0.4 is 20.5 Å². The lowest BCUT2D eigenvalue weighted by Gasteiger charge is -2.14. The Hall–Kier alpha value is -2.80. The predicted octanol–water partition coefficient (Wildman–Crippen LogP) is 3.10. The fraction of sp³-hybridized carbons (Fsp3) is 0.400. The van der Waals surface area contributed by atoms with Crippen molar-refractivity contribution in [1.29, 1.82) is 0 Å². The van der Waals surface area contributed by atoms with Gasteiger partial charge in [0.05, 0.1) is 19.8 Å². The molecular formula is C20H28N4O3. The second kappa shape index (κ2) is 11.0. The number of ether oxygens (including phenoxy) is 3. The van der Waals surface area contributed by atoms with Crippen LogP contribution in [0.25, 0.3) is 0 Å². The maximum atomic E-state index is 6.00. The van der Waals surface area contributed by atoms with Crippen LogP contribution in [-0.4, -0.2) is 37.3 Å². The van der Waals surface area contributed by atoms with E-state index in [2.05, 4.69) is 22.2 Å². The molecule has 0 aliphatic heterocycles. The van der Waals surface area contributed by atoms with E-state index in [1.807, 2.05) is 43.3 Å². The van der Waals surface area contributed by atoms with E-state index in [1.54, 1.807) is 13.3 Å². The summed E-state index contributed by atoms with van der Waals surface area (Å²) in [6.45, 7) is 5.55. The van der Waals surface area contributed by atoms with Crippen LogP contribution in [0.15, 0.2) is 47.6 Å². The van der Waals surface area contributed by atoms with Crippen LogP contribution in [0.2, 0.25) is 0 Å². The summed E-state index contributed by atoms with van der Waals surface area (Å²) in [6.07, 6.45) is 2.60. The third-order valence-electron chi connectivity index (χ3n) is 3.60. The number of nitrogens with one attached hydrogen (secondary N) is 1. The smallest absolute Gasteiger partial charge is 0.224 e. The third-order valence-corrected chi connectivity index (χ3v) is 3.60.